The van der Waals surface area contributed by atoms with Crippen LogP contribution in [0.5, 0.6) is 5.75 Å². The Kier molecular flexibility index (Phi) is 5.70. The Bertz CT molecular complexity index is 502. The highest BCUT2D eigenvalue weighted by atomic mass is 35.5. The van der Waals surface area contributed by atoms with Crippen LogP contribution in [0.4, 0.5) is 5.69 Å². The summed E-state index contributed by atoms with van der Waals surface area (Å²) in [5.41, 5.74) is 1.70. The largest absolute Gasteiger partial charge is 0.495 e. The predicted octanol–water partition coefficient (Wildman–Crippen LogP) is 2.36. The lowest BCUT2D eigenvalue weighted by atomic mass is 10.1. The molecule has 21 heavy (non-hydrogen) atoms. The molecule has 1 amide bonds. The van der Waals surface area contributed by atoms with Gasteiger partial charge in [-0.1, -0.05) is 11.6 Å². The lowest BCUT2D eigenvalue weighted by Crippen LogP contribution is -2.41. The van der Waals surface area contributed by atoms with Gasteiger partial charge in [-0.05, 0) is 31.4 Å². The van der Waals surface area contributed by atoms with E-state index >= 15 is 0 Å². The Morgan fingerprint density at radius 3 is 2.81 bits per heavy atom. The number of methoxy groups -OCH3 is 1. The summed E-state index contributed by atoms with van der Waals surface area (Å²) < 4.78 is 10.5. The number of hydrogen-bond acceptors (Lipinski definition) is 4. The van der Waals surface area contributed by atoms with Crippen molar-refractivity contribution < 1.29 is 14.3 Å². The summed E-state index contributed by atoms with van der Waals surface area (Å²) in [6.45, 7) is 3.54. The van der Waals surface area contributed by atoms with Crippen LogP contribution in [0.25, 0.3) is 0 Å². The molecule has 116 valence electrons. The van der Waals surface area contributed by atoms with E-state index in [1.54, 1.807) is 13.2 Å². The Morgan fingerprint density at radius 1 is 1.43 bits per heavy atom. The van der Waals surface area contributed by atoms with Gasteiger partial charge in [0.25, 0.3) is 0 Å². The number of rotatable bonds is 5. The summed E-state index contributed by atoms with van der Waals surface area (Å²) in [6.07, 6.45) is 1.74. The van der Waals surface area contributed by atoms with E-state index in [1.807, 2.05) is 13.0 Å². The first-order valence-corrected chi connectivity index (χ1v) is 7.43. The highest BCUT2D eigenvalue weighted by molar-refractivity contribution is 6.31. The van der Waals surface area contributed by atoms with E-state index in [4.69, 9.17) is 21.1 Å². The number of benzene rings is 1. The minimum atomic E-state index is -0.0310. The number of carbonyl (C=O) groups excluding carboxylic acids is 1. The highest BCUT2D eigenvalue weighted by Crippen LogP contribution is 2.30. The molecular formula is C15H21ClN2O3. The molecular weight excluding hydrogens is 292 g/mol. The molecule has 6 heteroatoms. The van der Waals surface area contributed by atoms with Crippen LogP contribution >= 0.6 is 11.6 Å². The van der Waals surface area contributed by atoms with Crippen LogP contribution in [0.3, 0.4) is 0 Å². The molecule has 0 radical (unpaired) electrons. The van der Waals surface area contributed by atoms with Crippen LogP contribution in [0.15, 0.2) is 12.1 Å². The summed E-state index contributed by atoms with van der Waals surface area (Å²) in [5, 5.41) is 6.74. The van der Waals surface area contributed by atoms with E-state index in [1.165, 1.54) is 0 Å². The standard InChI is InChI=1S/C15H21ClN2O3/c1-10-7-13(14(20-2)8-12(10)16)17-9-15(19)18-11-3-5-21-6-4-11/h7-8,11,17H,3-6,9H2,1-2H3,(H,18,19). The summed E-state index contributed by atoms with van der Waals surface area (Å²) in [6, 6.07) is 3.83. The number of amides is 1. The average molecular weight is 313 g/mol. The van der Waals surface area contributed by atoms with Crippen LogP contribution in [-0.2, 0) is 9.53 Å². The van der Waals surface area contributed by atoms with E-state index in [2.05, 4.69) is 10.6 Å². The monoisotopic (exact) mass is 312 g/mol. The molecule has 0 aliphatic carbocycles. The van der Waals surface area contributed by atoms with Gasteiger partial charge >= 0.3 is 0 Å². The lowest BCUT2D eigenvalue weighted by molar-refractivity contribution is -0.120. The van der Waals surface area contributed by atoms with Gasteiger partial charge in [-0.25, -0.2) is 0 Å². The second kappa shape index (κ2) is 7.52. The topological polar surface area (TPSA) is 59.6 Å². The molecule has 2 N–H and O–H groups in total. The second-order valence-electron chi connectivity index (χ2n) is 5.11. The second-order valence-corrected chi connectivity index (χ2v) is 5.52. The molecule has 0 aromatic heterocycles. The molecule has 5 nitrogen and oxygen atoms in total. The smallest absolute Gasteiger partial charge is 0.239 e. The summed E-state index contributed by atoms with van der Waals surface area (Å²) in [7, 11) is 1.58. The quantitative estimate of drug-likeness (QED) is 0.876. The fourth-order valence-corrected chi connectivity index (χ4v) is 2.42. The van der Waals surface area contributed by atoms with Gasteiger partial charge in [0.15, 0.2) is 0 Å². The SMILES string of the molecule is COc1cc(Cl)c(C)cc1NCC(=O)NC1CCOCC1. The molecule has 0 saturated carbocycles. The number of halogens is 1. The normalized spacial score (nSPS) is 15.6. The van der Waals surface area contributed by atoms with Gasteiger partial charge in [-0.2, -0.15) is 0 Å². The fraction of sp³-hybridized carbons (Fsp3) is 0.533. The van der Waals surface area contributed by atoms with E-state index in [0.29, 0.717) is 24.0 Å². The summed E-state index contributed by atoms with van der Waals surface area (Å²) >= 11 is 6.06. The van der Waals surface area contributed by atoms with Gasteiger partial charge in [0.2, 0.25) is 5.91 Å². The molecule has 1 heterocycles. The van der Waals surface area contributed by atoms with Gasteiger partial charge in [0.1, 0.15) is 5.75 Å². The number of hydrogen-bond donors (Lipinski definition) is 2. The zero-order valence-corrected chi connectivity index (χ0v) is 13.1. The minimum absolute atomic E-state index is 0.0310. The van der Waals surface area contributed by atoms with E-state index in [-0.39, 0.29) is 18.5 Å². The van der Waals surface area contributed by atoms with Crippen molar-refractivity contribution in [2.75, 3.05) is 32.2 Å². The molecule has 0 atom stereocenters. The Balaban J connectivity index is 1.89. The lowest BCUT2D eigenvalue weighted by Gasteiger charge is -2.23. The van der Waals surface area contributed by atoms with E-state index < -0.39 is 0 Å². The molecule has 1 saturated heterocycles. The van der Waals surface area contributed by atoms with E-state index in [0.717, 1.165) is 24.1 Å². The zero-order chi connectivity index (χ0) is 15.2. The Labute approximate surface area is 130 Å². The van der Waals surface area contributed by atoms with Gasteiger partial charge in [0.05, 0.1) is 19.3 Å². The van der Waals surface area contributed by atoms with Crippen molar-refractivity contribution >= 4 is 23.2 Å². The van der Waals surface area contributed by atoms with Crippen molar-refractivity contribution in [1.29, 1.82) is 0 Å². The zero-order valence-electron chi connectivity index (χ0n) is 12.4. The molecule has 0 bridgehead atoms. The van der Waals surface area contributed by atoms with Gasteiger partial charge < -0.3 is 20.1 Å². The van der Waals surface area contributed by atoms with Gasteiger partial charge in [0, 0.05) is 30.3 Å². The van der Waals surface area contributed by atoms with Crippen LogP contribution in [0.1, 0.15) is 18.4 Å². The van der Waals surface area contributed by atoms with Gasteiger partial charge in [-0.3, -0.25) is 4.79 Å². The van der Waals surface area contributed by atoms with Gasteiger partial charge in [-0.15, -0.1) is 0 Å². The predicted molar refractivity (Wildman–Crippen MR) is 83.2 cm³/mol. The van der Waals surface area contributed by atoms with Crippen LogP contribution in [-0.4, -0.2) is 38.8 Å². The number of carbonyl (C=O) groups is 1. The maximum atomic E-state index is 12.0. The molecule has 1 aliphatic heterocycles. The van der Waals surface area contributed by atoms with E-state index in [9.17, 15) is 4.79 Å². The first-order valence-electron chi connectivity index (χ1n) is 7.05. The third-order valence-corrected chi connectivity index (χ3v) is 3.91. The summed E-state index contributed by atoms with van der Waals surface area (Å²) in [5.74, 6) is 0.598. The Morgan fingerprint density at radius 2 is 2.14 bits per heavy atom. The van der Waals surface area contributed by atoms with Crippen molar-refractivity contribution in [3.63, 3.8) is 0 Å². The van der Waals surface area contributed by atoms with Crippen molar-refractivity contribution in [1.82, 2.24) is 5.32 Å². The molecule has 2 rings (SSSR count). The summed E-state index contributed by atoms with van der Waals surface area (Å²) in [4.78, 5) is 12.0. The number of ether oxygens (including phenoxy) is 2. The highest BCUT2D eigenvalue weighted by Gasteiger charge is 2.16. The van der Waals surface area contributed by atoms with Crippen LogP contribution in [0.2, 0.25) is 5.02 Å². The van der Waals surface area contributed by atoms with Crippen molar-refractivity contribution in [2.24, 2.45) is 0 Å². The average Bonchev–Trinajstić information content (AvgIpc) is 2.49. The molecule has 1 aromatic carbocycles. The van der Waals surface area contributed by atoms with Crippen molar-refractivity contribution in [3.8, 4) is 5.75 Å². The molecule has 0 spiro atoms. The maximum absolute atomic E-state index is 12.0. The Hall–Kier alpha value is -1.46. The first kappa shape index (κ1) is 15.9. The molecule has 1 aliphatic rings. The van der Waals surface area contributed by atoms with Crippen molar-refractivity contribution in [2.45, 2.75) is 25.8 Å². The number of nitrogens with one attached hydrogen (secondary N) is 2. The third-order valence-electron chi connectivity index (χ3n) is 3.51. The van der Waals surface area contributed by atoms with Crippen LogP contribution in [0, 0.1) is 6.92 Å². The fourth-order valence-electron chi connectivity index (χ4n) is 2.27. The minimum Gasteiger partial charge on any atom is -0.495 e. The first-order chi connectivity index (χ1) is 10.1. The number of aryl methyl sites for hydroxylation is 1. The van der Waals surface area contributed by atoms with Crippen molar-refractivity contribution in [3.05, 3.63) is 22.7 Å². The number of anilines is 1. The molecule has 0 unspecified atom stereocenters. The molecule has 1 fully saturated rings. The third kappa shape index (κ3) is 4.51. The van der Waals surface area contributed by atoms with Crippen LogP contribution < -0.4 is 15.4 Å². The maximum Gasteiger partial charge on any atom is 0.239 e. The molecule has 1 aromatic rings.